The molecule has 0 aliphatic carbocycles. The number of ether oxygens (including phenoxy) is 2. The van der Waals surface area contributed by atoms with E-state index in [1.54, 1.807) is 12.1 Å². The van der Waals surface area contributed by atoms with Crippen molar-refractivity contribution in [2.45, 2.75) is 4.90 Å². The van der Waals surface area contributed by atoms with Gasteiger partial charge in [-0.3, -0.25) is 4.72 Å². The van der Waals surface area contributed by atoms with Gasteiger partial charge in [0.25, 0.3) is 10.0 Å². The molecule has 0 aliphatic rings. The molecule has 0 saturated heterocycles. The van der Waals surface area contributed by atoms with E-state index >= 15 is 0 Å². The molecule has 0 radical (unpaired) electrons. The molecule has 0 aromatic heterocycles. The molecule has 5 nitrogen and oxygen atoms in total. The maximum absolute atomic E-state index is 12.3. The van der Waals surface area contributed by atoms with Crippen LogP contribution in [0.25, 0.3) is 0 Å². The first-order chi connectivity index (χ1) is 10.4. The van der Waals surface area contributed by atoms with Gasteiger partial charge in [0.1, 0.15) is 11.5 Å². The molecule has 0 amide bonds. The van der Waals surface area contributed by atoms with Crippen LogP contribution in [0.5, 0.6) is 11.5 Å². The zero-order valence-corrected chi connectivity index (χ0v) is 14.1. The van der Waals surface area contributed by atoms with Crippen LogP contribution in [-0.2, 0) is 10.0 Å². The molecule has 0 bridgehead atoms. The zero-order chi connectivity index (χ0) is 16.3. The molecule has 0 fully saturated rings. The van der Waals surface area contributed by atoms with Crippen molar-refractivity contribution >= 4 is 38.9 Å². The van der Waals surface area contributed by atoms with Crippen molar-refractivity contribution in [2.24, 2.45) is 0 Å². The largest absolute Gasteiger partial charge is 0.495 e. The fourth-order valence-corrected chi connectivity index (χ4v) is 3.41. The summed E-state index contributed by atoms with van der Waals surface area (Å²) in [6.07, 6.45) is 0. The summed E-state index contributed by atoms with van der Waals surface area (Å²) >= 11 is 11.9. The van der Waals surface area contributed by atoms with Gasteiger partial charge in [0, 0.05) is 0 Å². The molecule has 0 spiro atoms. The number of hydrogen-bond acceptors (Lipinski definition) is 4. The Morgan fingerprint density at radius 1 is 0.909 bits per heavy atom. The third-order valence-electron chi connectivity index (χ3n) is 2.84. The molecule has 22 heavy (non-hydrogen) atoms. The Balaban J connectivity index is 2.31. The maximum atomic E-state index is 12.3. The molecule has 8 heteroatoms. The van der Waals surface area contributed by atoms with E-state index in [1.807, 2.05) is 0 Å². The molecule has 0 unspecified atom stereocenters. The Morgan fingerprint density at radius 3 is 1.95 bits per heavy atom. The first-order valence-electron chi connectivity index (χ1n) is 6.07. The highest BCUT2D eigenvalue weighted by Gasteiger charge is 2.17. The van der Waals surface area contributed by atoms with Gasteiger partial charge < -0.3 is 9.47 Å². The van der Waals surface area contributed by atoms with Crippen LogP contribution in [0.3, 0.4) is 0 Å². The van der Waals surface area contributed by atoms with E-state index in [2.05, 4.69) is 4.72 Å². The van der Waals surface area contributed by atoms with Crippen LogP contribution in [0.2, 0.25) is 10.0 Å². The van der Waals surface area contributed by atoms with Gasteiger partial charge in [0.2, 0.25) is 0 Å². The molecule has 0 aliphatic heterocycles. The van der Waals surface area contributed by atoms with Gasteiger partial charge in [0.05, 0.1) is 34.8 Å². The quantitative estimate of drug-likeness (QED) is 0.879. The molecule has 2 aromatic carbocycles. The van der Waals surface area contributed by atoms with E-state index in [4.69, 9.17) is 32.7 Å². The lowest BCUT2D eigenvalue weighted by Crippen LogP contribution is -2.13. The van der Waals surface area contributed by atoms with Gasteiger partial charge >= 0.3 is 0 Å². The average Bonchev–Trinajstić information content (AvgIpc) is 2.47. The number of benzene rings is 2. The topological polar surface area (TPSA) is 64.6 Å². The number of hydrogen-bond donors (Lipinski definition) is 1. The van der Waals surface area contributed by atoms with E-state index in [-0.39, 0.29) is 9.92 Å². The Hall–Kier alpha value is -1.63. The van der Waals surface area contributed by atoms with Crippen molar-refractivity contribution in [3.05, 3.63) is 46.4 Å². The number of nitrogens with one attached hydrogen (secondary N) is 1. The van der Waals surface area contributed by atoms with Gasteiger partial charge in [-0.05, 0) is 36.4 Å². The third-order valence-corrected chi connectivity index (χ3v) is 4.81. The number of sulfonamides is 1. The molecular formula is C14H13Cl2NO4S. The van der Waals surface area contributed by atoms with Crippen molar-refractivity contribution in [3.63, 3.8) is 0 Å². The molecule has 2 aromatic rings. The summed E-state index contributed by atoms with van der Waals surface area (Å²) in [4.78, 5) is 0.0187. The zero-order valence-electron chi connectivity index (χ0n) is 11.8. The van der Waals surface area contributed by atoms with E-state index in [0.717, 1.165) is 0 Å². The SMILES string of the molecule is COc1ccc(NS(=O)(=O)c2ccc(OC)c(Cl)c2)cc1Cl. The molecule has 0 heterocycles. The Kier molecular flexibility index (Phi) is 5.05. The van der Waals surface area contributed by atoms with Gasteiger partial charge in [-0.15, -0.1) is 0 Å². The lowest BCUT2D eigenvalue weighted by Gasteiger charge is -2.11. The molecule has 0 atom stereocenters. The number of rotatable bonds is 5. The average molecular weight is 362 g/mol. The number of methoxy groups -OCH3 is 2. The monoisotopic (exact) mass is 361 g/mol. The fourth-order valence-electron chi connectivity index (χ4n) is 1.76. The normalized spacial score (nSPS) is 11.1. The van der Waals surface area contributed by atoms with Gasteiger partial charge in [-0.1, -0.05) is 23.2 Å². The first kappa shape index (κ1) is 16.7. The van der Waals surface area contributed by atoms with Crippen LogP contribution in [-0.4, -0.2) is 22.6 Å². The molecular weight excluding hydrogens is 349 g/mol. The second kappa shape index (κ2) is 6.64. The van der Waals surface area contributed by atoms with E-state index in [0.29, 0.717) is 22.2 Å². The minimum absolute atomic E-state index is 0.0187. The predicted molar refractivity (Wildman–Crippen MR) is 86.8 cm³/mol. The fraction of sp³-hybridized carbons (Fsp3) is 0.143. The van der Waals surface area contributed by atoms with Crippen LogP contribution < -0.4 is 14.2 Å². The standard InChI is InChI=1S/C14H13Cl2NO4S/c1-20-13-5-3-9(7-11(13)15)17-22(18,19)10-4-6-14(21-2)12(16)8-10/h3-8,17H,1-2H3. The Labute approximate surface area is 138 Å². The second-order valence-electron chi connectivity index (χ2n) is 4.25. The van der Waals surface area contributed by atoms with Crippen molar-refractivity contribution in [1.82, 2.24) is 0 Å². The Bertz CT molecular complexity index is 793. The third kappa shape index (κ3) is 3.58. The highest BCUT2D eigenvalue weighted by Crippen LogP contribution is 2.30. The number of halogens is 2. The van der Waals surface area contributed by atoms with Gasteiger partial charge in [-0.25, -0.2) is 8.42 Å². The van der Waals surface area contributed by atoms with Crippen LogP contribution in [0.15, 0.2) is 41.3 Å². The minimum Gasteiger partial charge on any atom is -0.495 e. The van der Waals surface area contributed by atoms with Crippen LogP contribution in [0.4, 0.5) is 5.69 Å². The highest BCUT2D eigenvalue weighted by atomic mass is 35.5. The summed E-state index contributed by atoms with van der Waals surface area (Å²) in [5.41, 5.74) is 0.317. The Morgan fingerprint density at radius 2 is 1.45 bits per heavy atom. The van der Waals surface area contributed by atoms with Crippen molar-refractivity contribution < 1.29 is 17.9 Å². The maximum Gasteiger partial charge on any atom is 0.261 e. The first-order valence-corrected chi connectivity index (χ1v) is 8.31. The lowest BCUT2D eigenvalue weighted by molar-refractivity contribution is 0.414. The summed E-state index contributed by atoms with van der Waals surface area (Å²) in [6.45, 7) is 0. The highest BCUT2D eigenvalue weighted by molar-refractivity contribution is 7.92. The van der Waals surface area contributed by atoms with Crippen LogP contribution in [0, 0.1) is 0 Å². The van der Waals surface area contributed by atoms with Crippen LogP contribution in [0.1, 0.15) is 0 Å². The summed E-state index contributed by atoms with van der Waals surface area (Å²) in [5, 5.41) is 0.508. The number of anilines is 1. The smallest absolute Gasteiger partial charge is 0.261 e. The van der Waals surface area contributed by atoms with E-state index in [9.17, 15) is 8.42 Å². The lowest BCUT2D eigenvalue weighted by atomic mass is 10.3. The van der Waals surface area contributed by atoms with E-state index in [1.165, 1.54) is 38.5 Å². The summed E-state index contributed by atoms with van der Waals surface area (Å²) in [5.74, 6) is 0.852. The van der Waals surface area contributed by atoms with Crippen LogP contribution >= 0.6 is 23.2 Å². The summed E-state index contributed by atoms with van der Waals surface area (Å²) < 4.78 is 37.1. The van der Waals surface area contributed by atoms with Crippen molar-refractivity contribution in [3.8, 4) is 11.5 Å². The molecule has 0 saturated carbocycles. The van der Waals surface area contributed by atoms with E-state index < -0.39 is 10.0 Å². The van der Waals surface area contributed by atoms with Gasteiger partial charge in [0.15, 0.2) is 0 Å². The van der Waals surface area contributed by atoms with Crippen molar-refractivity contribution in [1.29, 1.82) is 0 Å². The second-order valence-corrected chi connectivity index (χ2v) is 6.75. The summed E-state index contributed by atoms with van der Waals surface area (Å²) in [6, 6.07) is 8.78. The molecule has 2 rings (SSSR count). The van der Waals surface area contributed by atoms with Crippen molar-refractivity contribution in [2.75, 3.05) is 18.9 Å². The summed E-state index contributed by atoms with van der Waals surface area (Å²) in [7, 11) is -0.859. The minimum atomic E-state index is -3.79. The molecule has 1 N–H and O–H groups in total. The predicted octanol–water partition coefficient (Wildman–Crippen LogP) is 3.81. The van der Waals surface area contributed by atoms with Gasteiger partial charge in [-0.2, -0.15) is 0 Å². The molecule has 118 valence electrons.